The molecule has 0 fully saturated rings. The molecule has 0 radical (unpaired) electrons. The Bertz CT molecular complexity index is 962. The van der Waals surface area contributed by atoms with Crippen LogP contribution < -0.4 is 0 Å². The third-order valence-corrected chi connectivity index (χ3v) is 5.61. The van der Waals surface area contributed by atoms with Crippen LogP contribution in [0.2, 0.25) is 0 Å². The monoisotopic (exact) mass is 421 g/mol. The molecule has 6 heteroatoms. The SMILES string of the molecule is CCOC(=O)C(Sc1ccc(CN(O)C(=O)c2ccccc2)cc1)c1ccccc1. The van der Waals surface area contributed by atoms with Gasteiger partial charge < -0.3 is 4.74 Å². The number of nitrogens with zero attached hydrogens (tertiary/aromatic N) is 1. The van der Waals surface area contributed by atoms with Crippen LogP contribution in [-0.4, -0.2) is 28.8 Å². The van der Waals surface area contributed by atoms with Crippen molar-refractivity contribution < 1.29 is 19.5 Å². The maximum atomic E-state index is 12.4. The summed E-state index contributed by atoms with van der Waals surface area (Å²) in [4.78, 5) is 25.6. The standard InChI is InChI=1S/C24H23NO4S/c1-2-29-24(27)22(19-9-5-3-6-10-19)30-21-15-13-18(14-16-21)17-25(28)23(26)20-11-7-4-8-12-20/h3-16,22,28H,2,17H2,1H3. The van der Waals surface area contributed by atoms with Crippen molar-refractivity contribution in [2.75, 3.05) is 6.61 Å². The van der Waals surface area contributed by atoms with Gasteiger partial charge in [0.25, 0.3) is 5.91 Å². The molecular weight excluding hydrogens is 398 g/mol. The second kappa shape index (κ2) is 10.6. The smallest absolute Gasteiger partial charge is 0.323 e. The molecule has 1 N–H and O–H groups in total. The first-order chi connectivity index (χ1) is 14.6. The Morgan fingerprint density at radius 3 is 2.13 bits per heavy atom. The van der Waals surface area contributed by atoms with Crippen LogP contribution in [0.25, 0.3) is 0 Å². The van der Waals surface area contributed by atoms with Gasteiger partial charge in [0.1, 0.15) is 5.25 Å². The number of hydroxylamine groups is 2. The molecule has 0 aromatic heterocycles. The Kier molecular flexibility index (Phi) is 7.65. The van der Waals surface area contributed by atoms with E-state index < -0.39 is 11.2 Å². The van der Waals surface area contributed by atoms with E-state index in [9.17, 15) is 14.8 Å². The predicted octanol–water partition coefficient (Wildman–Crippen LogP) is 5.11. The third kappa shape index (κ3) is 5.72. The summed E-state index contributed by atoms with van der Waals surface area (Å²) in [6, 6.07) is 25.5. The zero-order valence-electron chi connectivity index (χ0n) is 16.6. The summed E-state index contributed by atoms with van der Waals surface area (Å²) in [7, 11) is 0. The van der Waals surface area contributed by atoms with Crippen LogP contribution in [0.4, 0.5) is 0 Å². The average Bonchev–Trinajstić information content (AvgIpc) is 2.79. The van der Waals surface area contributed by atoms with Crippen molar-refractivity contribution in [3.8, 4) is 0 Å². The summed E-state index contributed by atoms with van der Waals surface area (Å²) in [5, 5.41) is 10.4. The van der Waals surface area contributed by atoms with Gasteiger partial charge in [-0.15, -0.1) is 11.8 Å². The topological polar surface area (TPSA) is 66.8 Å². The Morgan fingerprint density at radius 2 is 1.53 bits per heavy atom. The minimum Gasteiger partial charge on any atom is -0.465 e. The fourth-order valence-corrected chi connectivity index (χ4v) is 3.90. The molecule has 3 rings (SSSR count). The lowest BCUT2D eigenvalue weighted by Gasteiger charge is -2.17. The summed E-state index contributed by atoms with van der Waals surface area (Å²) in [6.07, 6.45) is 0. The predicted molar refractivity (Wildman–Crippen MR) is 116 cm³/mol. The van der Waals surface area contributed by atoms with Crippen molar-refractivity contribution in [2.24, 2.45) is 0 Å². The van der Waals surface area contributed by atoms with Gasteiger partial charge in [-0.2, -0.15) is 0 Å². The van der Waals surface area contributed by atoms with Crippen LogP contribution in [0.15, 0.2) is 89.8 Å². The van der Waals surface area contributed by atoms with Crippen LogP contribution in [-0.2, 0) is 16.1 Å². The largest absolute Gasteiger partial charge is 0.465 e. The van der Waals surface area contributed by atoms with E-state index in [2.05, 4.69) is 0 Å². The summed E-state index contributed by atoms with van der Waals surface area (Å²) in [5.41, 5.74) is 2.07. The van der Waals surface area contributed by atoms with Gasteiger partial charge in [-0.25, -0.2) is 5.06 Å². The van der Waals surface area contributed by atoms with E-state index >= 15 is 0 Å². The van der Waals surface area contributed by atoms with Gasteiger partial charge in [-0.1, -0.05) is 60.7 Å². The van der Waals surface area contributed by atoms with Crippen LogP contribution in [0.3, 0.4) is 0 Å². The lowest BCUT2D eigenvalue weighted by Crippen LogP contribution is -2.26. The molecule has 0 saturated heterocycles. The summed E-state index contributed by atoms with van der Waals surface area (Å²) < 4.78 is 5.24. The highest BCUT2D eigenvalue weighted by atomic mass is 32.2. The van der Waals surface area contributed by atoms with Crippen molar-refractivity contribution in [2.45, 2.75) is 23.6 Å². The number of amides is 1. The lowest BCUT2D eigenvalue weighted by atomic mass is 10.1. The highest BCUT2D eigenvalue weighted by molar-refractivity contribution is 8.00. The number of hydrogen-bond donors (Lipinski definition) is 1. The van der Waals surface area contributed by atoms with E-state index in [0.717, 1.165) is 16.0 Å². The lowest BCUT2D eigenvalue weighted by molar-refractivity contribution is -0.142. The first-order valence-corrected chi connectivity index (χ1v) is 10.5. The molecular formula is C24H23NO4S. The number of rotatable bonds is 8. The van der Waals surface area contributed by atoms with Crippen molar-refractivity contribution in [3.63, 3.8) is 0 Å². The van der Waals surface area contributed by atoms with E-state index in [1.165, 1.54) is 11.8 Å². The molecule has 154 valence electrons. The Balaban J connectivity index is 1.68. The third-order valence-electron chi connectivity index (χ3n) is 4.37. The molecule has 3 aromatic carbocycles. The molecule has 1 unspecified atom stereocenters. The van der Waals surface area contributed by atoms with Gasteiger partial charge in [-0.3, -0.25) is 14.8 Å². The maximum absolute atomic E-state index is 12.4. The van der Waals surface area contributed by atoms with Gasteiger partial charge in [-0.05, 0) is 42.3 Å². The minimum atomic E-state index is -0.467. The number of esters is 1. The zero-order valence-corrected chi connectivity index (χ0v) is 17.4. The molecule has 0 aliphatic rings. The van der Waals surface area contributed by atoms with Gasteiger partial charge in [0, 0.05) is 10.5 Å². The average molecular weight is 422 g/mol. The number of carbonyl (C=O) groups excluding carboxylic acids is 2. The van der Waals surface area contributed by atoms with Crippen molar-refractivity contribution >= 4 is 23.6 Å². The fraction of sp³-hybridized carbons (Fsp3) is 0.167. The van der Waals surface area contributed by atoms with Gasteiger partial charge in [0.05, 0.1) is 13.2 Å². The molecule has 0 heterocycles. The van der Waals surface area contributed by atoms with E-state index in [-0.39, 0.29) is 12.5 Å². The van der Waals surface area contributed by atoms with E-state index in [0.29, 0.717) is 17.2 Å². The molecule has 0 aliphatic carbocycles. The van der Waals surface area contributed by atoms with Crippen LogP contribution in [0, 0.1) is 0 Å². The highest BCUT2D eigenvalue weighted by Gasteiger charge is 2.23. The molecule has 1 atom stereocenters. The van der Waals surface area contributed by atoms with Crippen LogP contribution in [0.1, 0.15) is 33.7 Å². The van der Waals surface area contributed by atoms with E-state index in [1.807, 2.05) is 60.7 Å². The summed E-state index contributed by atoms with van der Waals surface area (Å²) in [6.45, 7) is 2.18. The summed E-state index contributed by atoms with van der Waals surface area (Å²) >= 11 is 1.40. The van der Waals surface area contributed by atoms with Gasteiger partial charge in [0.15, 0.2) is 0 Å². The van der Waals surface area contributed by atoms with Crippen LogP contribution in [0.5, 0.6) is 0 Å². The van der Waals surface area contributed by atoms with Gasteiger partial charge >= 0.3 is 5.97 Å². The number of benzene rings is 3. The maximum Gasteiger partial charge on any atom is 0.323 e. The second-order valence-corrected chi connectivity index (χ2v) is 7.71. The number of ether oxygens (including phenoxy) is 1. The highest BCUT2D eigenvalue weighted by Crippen LogP contribution is 2.36. The summed E-state index contributed by atoms with van der Waals surface area (Å²) in [5.74, 6) is -0.742. The second-order valence-electron chi connectivity index (χ2n) is 6.53. The number of hydrogen-bond acceptors (Lipinski definition) is 5. The van der Waals surface area contributed by atoms with Crippen molar-refractivity contribution in [1.82, 2.24) is 5.06 Å². The molecule has 0 saturated carbocycles. The normalized spacial score (nSPS) is 11.5. The Hall–Kier alpha value is -3.09. The van der Waals surface area contributed by atoms with Crippen molar-refractivity contribution in [1.29, 1.82) is 0 Å². The molecule has 3 aromatic rings. The first-order valence-electron chi connectivity index (χ1n) is 9.61. The van der Waals surface area contributed by atoms with E-state index in [4.69, 9.17) is 4.74 Å². The molecule has 0 aliphatic heterocycles. The molecule has 0 spiro atoms. The van der Waals surface area contributed by atoms with E-state index in [1.54, 1.807) is 31.2 Å². The molecule has 1 amide bonds. The fourth-order valence-electron chi connectivity index (χ4n) is 2.88. The van der Waals surface area contributed by atoms with Gasteiger partial charge in [0.2, 0.25) is 0 Å². The number of thioether (sulfide) groups is 1. The number of carbonyl (C=O) groups is 2. The quantitative estimate of drug-likeness (QED) is 0.237. The Labute approximate surface area is 180 Å². The van der Waals surface area contributed by atoms with Crippen molar-refractivity contribution in [3.05, 3.63) is 102 Å². The zero-order chi connectivity index (χ0) is 21.3. The van der Waals surface area contributed by atoms with Crippen LogP contribution >= 0.6 is 11.8 Å². The Morgan fingerprint density at radius 1 is 0.933 bits per heavy atom. The minimum absolute atomic E-state index is 0.0681. The molecule has 0 bridgehead atoms. The molecule has 5 nitrogen and oxygen atoms in total. The molecule has 30 heavy (non-hydrogen) atoms. The first kappa shape index (κ1) is 21.6.